The van der Waals surface area contributed by atoms with Crippen LogP contribution in [0.15, 0.2) is 36.4 Å². The molecule has 0 unspecified atom stereocenters. The molecule has 0 saturated carbocycles. The highest BCUT2D eigenvalue weighted by atomic mass is 32.3. The molecule has 0 aliphatic rings. The lowest BCUT2D eigenvalue weighted by Gasteiger charge is -2.03. The molecule has 0 bridgehead atoms. The summed E-state index contributed by atoms with van der Waals surface area (Å²) in [6.45, 7) is 5.00. The third-order valence-corrected chi connectivity index (χ3v) is 2.45. The summed E-state index contributed by atoms with van der Waals surface area (Å²) < 4.78 is 33.0. The molecule has 0 aromatic heterocycles. The smallest absolute Gasteiger partial charge is 0.321 e. The number of hydrogen-bond donors (Lipinski definition) is 1. The predicted octanol–water partition coefficient (Wildman–Crippen LogP) is 2.08. The molecule has 0 heterocycles. The van der Waals surface area contributed by atoms with Crippen molar-refractivity contribution in [2.45, 2.75) is 6.92 Å². The Labute approximate surface area is 105 Å². The lowest BCUT2D eigenvalue weighted by molar-refractivity contribution is -0.129. The van der Waals surface area contributed by atoms with Crippen molar-refractivity contribution in [2.24, 2.45) is 0 Å². The summed E-state index contributed by atoms with van der Waals surface area (Å²) in [5.41, 5.74) is 1.52. The minimum Gasteiger partial charge on any atom is -0.321 e. The number of rotatable bonds is 4. The molecule has 0 aliphatic heterocycles. The maximum atomic E-state index is 11.3. The Morgan fingerprint density at radius 3 is 2.39 bits per heavy atom. The first kappa shape index (κ1) is 14.1. The van der Waals surface area contributed by atoms with E-state index in [9.17, 15) is 13.2 Å². The highest BCUT2D eigenvalue weighted by molar-refractivity contribution is 7.81. The van der Waals surface area contributed by atoms with E-state index in [0.29, 0.717) is 5.56 Å². The van der Waals surface area contributed by atoms with Crippen LogP contribution in [0.2, 0.25) is 0 Å². The van der Waals surface area contributed by atoms with Crippen molar-refractivity contribution in [2.75, 3.05) is 0 Å². The van der Waals surface area contributed by atoms with Crippen LogP contribution >= 0.6 is 0 Å². The monoisotopic (exact) mass is 268 g/mol. The molecule has 0 saturated heterocycles. The molecule has 96 valence electrons. The van der Waals surface area contributed by atoms with Gasteiger partial charge < -0.3 is 4.18 Å². The average molecular weight is 268 g/mol. The van der Waals surface area contributed by atoms with Gasteiger partial charge in [0, 0.05) is 5.57 Å². The molecule has 1 aromatic carbocycles. The first-order valence-electron chi connectivity index (χ1n) is 4.94. The van der Waals surface area contributed by atoms with E-state index in [2.05, 4.69) is 10.8 Å². The Kier molecular flexibility index (Phi) is 4.41. The normalized spacial score (nSPS) is 12.0. The standard InChI is InChI=1S/C12H12O5S/c1-3-10-6-4-5-7-11(10)8-9(2)12(13)17-18(14,15)16/h3-8H,1H2,2H3,(H,14,15,16)/b9-8+. The van der Waals surface area contributed by atoms with E-state index in [0.717, 1.165) is 5.56 Å². The molecule has 0 radical (unpaired) electrons. The van der Waals surface area contributed by atoms with Crippen LogP contribution in [-0.2, 0) is 19.4 Å². The van der Waals surface area contributed by atoms with Crippen LogP contribution in [0, 0.1) is 0 Å². The predicted molar refractivity (Wildman–Crippen MR) is 67.8 cm³/mol. The average Bonchev–Trinajstić information content (AvgIpc) is 2.27. The fourth-order valence-corrected chi connectivity index (χ4v) is 1.60. The van der Waals surface area contributed by atoms with Crippen molar-refractivity contribution < 1.29 is 21.9 Å². The summed E-state index contributed by atoms with van der Waals surface area (Å²) in [5.74, 6) is -1.13. The number of carbonyl (C=O) groups excluding carboxylic acids is 1. The third kappa shape index (κ3) is 4.15. The summed E-state index contributed by atoms with van der Waals surface area (Å²) in [6, 6.07) is 7.10. The molecule has 1 N–H and O–H groups in total. The first-order chi connectivity index (χ1) is 8.33. The summed E-state index contributed by atoms with van der Waals surface area (Å²) in [7, 11) is -4.79. The van der Waals surface area contributed by atoms with Crippen molar-refractivity contribution in [3.8, 4) is 0 Å². The van der Waals surface area contributed by atoms with Crippen molar-refractivity contribution in [3.05, 3.63) is 47.5 Å². The largest absolute Gasteiger partial charge is 0.449 e. The molecule has 0 aliphatic carbocycles. The van der Waals surface area contributed by atoms with Gasteiger partial charge in [-0.1, -0.05) is 36.9 Å². The van der Waals surface area contributed by atoms with Gasteiger partial charge in [0.15, 0.2) is 0 Å². The van der Waals surface area contributed by atoms with Gasteiger partial charge >= 0.3 is 16.4 Å². The van der Waals surface area contributed by atoms with E-state index in [1.54, 1.807) is 30.3 Å². The molecule has 0 atom stereocenters. The van der Waals surface area contributed by atoms with Gasteiger partial charge in [-0.15, -0.1) is 0 Å². The zero-order valence-electron chi connectivity index (χ0n) is 9.66. The van der Waals surface area contributed by atoms with Crippen molar-refractivity contribution in [1.82, 2.24) is 0 Å². The molecular formula is C12H12O5S. The maximum absolute atomic E-state index is 11.3. The van der Waals surface area contributed by atoms with Gasteiger partial charge in [-0.3, -0.25) is 4.55 Å². The fraction of sp³-hybridized carbons (Fsp3) is 0.0833. The molecule has 0 spiro atoms. The Bertz CT molecular complexity index is 599. The second-order valence-electron chi connectivity index (χ2n) is 3.46. The third-order valence-electron chi connectivity index (χ3n) is 2.09. The minimum atomic E-state index is -4.79. The van der Waals surface area contributed by atoms with Gasteiger partial charge in [0.2, 0.25) is 0 Å². The van der Waals surface area contributed by atoms with Crippen molar-refractivity contribution in [1.29, 1.82) is 0 Å². The Morgan fingerprint density at radius 1 is 1.33 bits per heavy atom. The summed E-state index contributed by atoms with van der Waals surface area (Å²) in [5, 5.41) is 0. The lowest BCUT2D eigenvalue weighted by atomic mass is 10.1. The molecule has 6 heteroatoms. The molecule has 18 heavy (non-hydrogen) atoms. The quantitative estimate of drug-likeness (QED) is 0.668. The van der Waals surface area contributed by atoms with E-state index < -0.39 is 16.4 Å². The summed E-state index contributed by atoms with van der Waals surface area (Å²) in [6.07, 6.45) is 3.05. The zero-order valence-corrected chi connectivity index (χ0v) is 10.5. The van der Waals surface area contributed by atoms with Crippen molar-refractivity contribution >= 4 is 28.5 Å². The van der Waals surface area contributed by atoms with Crippen LogP contribution in [0.5, 0.6) is 0 Å². The second kappa shape index (κ2) is 5.61. The number of carbonyl (C=O) groups is 1. The maximum Gasteiger partial charge on any atom is 0.449 e. The van der Waals surface area contributed by atoms with Crippen LogP contribution in [-0.4, -0.2) is 18.9 Å². The zero-order chi connectivity index (χ0) is 13.8. The number of benzene rings is 1. The molecule has 1 rings (SSSR count). The van der Waals surface area contributed by atoms with Gasteiger partial charge in [0.25, 0.3) is 0 Å². The van der Waals surface area contributed by atoms with E-state index in [4.69, 9.17) is 4.55 Å². The summed E-state index contributed by atoms with van der Waals surface area (Å²) >= 11 is 0. The highest BCUT2D eigenvalue weighted by Gasteiger charge is 2.15. The van der Waals surface area contributed by atoms with Gasteiger partial charge in [-0.05, 0) is 24.1 Å². The van der Waals surface area contributed by atoms with Crippen molar-refractivity contribution in [3.63, 3.8) is 0 Å². The van der Waals surface area contributed by atoms with Crippen LogP contribution in [0.25, 0.3) is 12.2 Å². The topological polar surface area (TPSA) is 80.7 Å². The van der Waals surface area contributed by atoms with Gasteiger partial charge in [-0.2, -0.15) is 8.42 Å². The molecular weight excluding hydrogens is 256 g/mol. The van der Waals surface area contributed by atoms with E-state index >= 15 is 0 Å². The van der Waals surface area contributed by atoms with Crippen LogP contribution in [0.4, 0.5) is 0 Å². The molecule has 0 fully saturated rings. The fourth-order valence-electron chi connectivity index (χ4n) is 1.28. The molecule has 0 amide bonds. The minimum absolute atomic E-state index is 0.0434. The molecule has 1 aromatic rings. The van der Waals surface area contributed by atoms with Gasteiger partial charge in [0.05, 0.1) is 0 Å². The van der Waals surface area contributed by atoms with Gasteiger partial charge in [-0.25, -0.2) is 4.79 Å². The Morgan fingerprint density at radius 2 is 1.89 bits per heavy atom. The highest BCUT2D eigenvalue weighted by Crippen LogP contribution is 2.15. The van der Waals surface area contributed by atoms with E-state index in [1.165, 1.54) is 13.0 Å². The SMILES string of the molecule is C=Cc1ccccc1/C=C(\C)C(=O)OS(=O)(=O)O. The van der Waals surface area contributed by atoms with Crippen LogP contribution in [0.3, 0.4) is 0 Å². The lowest BCUT2D eigenvalue weighted by Crippen LogP contribution is -2.12. The van der Waals surface area contributed by atoms with Crippen LogP contribution < -0.4 is 0 Å². The van der Waals surface area contributed by atoms with Gasteiger partial charge in [0.1, 0.15) is 0 Å². The number of hydrogen-bond acceptors (Lipinski definition) is 4. The van der Waals surface area contributed by atoms with E-state index in [-0.39, 0.29) is 5.57 Å². The Hall–Kier alpha value is -1.92. The summed E-state index contributed by atoms with van der Waals surface area (Å²) in [4.78, 5) is 11.3. The second-order valence-corrected chi connectivity index (χ2v) is 4.48. The van der Waals surface area contributed by atoms with Crippen LogP contribution in [0.1, 0.15) is 18.1 Å². The van der Waals surface area contributed by atoms with E-state index in [1.807, 2.05) is 0 Å². The molecule has 5 nitrogen and oxygen atoms in total. The first-order valence-corrected chi connectivity index (χ1v) is 6.31. The Balaban J connectivity index is 3.02.